The second-order valence-electron chi connectivity index (χ2n) is 6.04. The van der Waals surface area contributed by atoms with Crippen LogP contribution in [0.25, 0.3) is 0 Å². The minimum Gasteiger partial charge on any atom is -0.270 e. The molecule has 0 aliphatic carbocycles. The summed E-state index contributed by atoms with van der Waals surface area (Å²) in [5, 5.41) is 4.20. The molecule has 5 nitrogen and oxygen atoms in total. The molecule has 1 aromatic carbocycles. The molecule has 2 rings (SSSR count). The number of hydrogen-bond acceptors (Lipinski definition) is 3. The van der Waals surface area contributed by atoms with Crippen LogP contribution in [0.5, 0.6) is 0 Å². The second-order valence-corrected chi connectivity index (χ2v) is 7.74. The fourth-order valence-corrected chi connectivity index (χ4v) is 4.41. The molecule has 2 aromatic rings. The van der Waals surface area contributed by atoms with Gasteiger partial charge in [-0.25, -0.2) is 13.1 Å². The molecule has 1 N–H and O–H groups in total. The quantitative estimate of drug-likeness (QED) is 0.826. The molecule has 0 amide bonds. The number of rotatable bonds is 6. The number of nitrogens with one attached hydrogen (secondary N) is 1. The summed E-state index contributed by atoms with van der Waals surface area (Å²) >= 11 is 0. The van der Waals surface area contributed by atoms with E-state index in [0.29, 0.717) is 24.4 Å². The standard InChI is InChI=1S/C17H25N3O2S/c1-12-11-13(2)16(5)17(15(12)4)23(21,22)19-8-6-10-20-14(3)7-9-18-20/h7,9,11,19H,6,8,10H2,1-5H3. The highest BCUT2D eigenvalue weighted by molar-refractivity contribution is 7.89. The van der Waals surface area contributed by atoms with Crippen LogP contribution in [0.4, 0.5) is 0 Å². The predicted octanol–water partition coefficient (Wildman–Crippen LogP) is 2.79. The van der Waals surface area contributed by atoms with E-state index in [1.54, 1.807) is 6.20 Å². The summed E-state index contributed by atoms with van der Waals surface area (Å²) in [6, 6.07) is 3.97. The molecule has 1 heterocycles. The fraction of sp³-hybridized carbons (Fsp3) is 0.471. The highest BCUT2D eigenvalue weighted by atomic mass is 32.2. The van der Waals surface area contributed by atoms with Crippen molar-refractivity contribution in [3.8, 4) is 0 Å². The van der Waals surface area contributed by atoms with Gasteiger partial charge in [0.2, 0.25) is 10.0 Å². The Kier molecular flexibility index (Phi) is 5.26. The van der Waals surface area contributed by atoms with Gasteiger partial charge in [0, 0.05) is 25.0 Å². The SMILES string of the molecule is Cc1cc(C)c(C)c(S(=O)(=O)NCCCn2nccc2C)c1C. The van der Waals surface area contributed by atoms with E-state index >= 15 is 0 Å². The topological polar surface area (TPSA) is 64.0 Å². The van der Waals surface area contributed by atoms with Gasteiger partial charge >= 0.3 is 0 Å². The normalized spacial score (nSPS) is 11.9. The van der Waals surface area contributed by atoms with Gasteiger partial charge in [0.05, 0.1) is 4.90 Å². The van der Waals surface area contributed by atoms with E-state index in [4.69, 9.17) is 0 Å². The Morgan fingerprint density at radius 3 is 2.22 bits per heavy atom. The lowest BCUT2D eigenvalue weighted by molar-refractivity contribution is 0.545. The molecule has 126 valence electrons. The first kappa shape index (κ1) is 17.7. The third-order valence-electron chi connectivity index (χ3n) is 4.33. The van der Waals surface area contributed by atoms with Crippen LogP contribution in [0.15, 0.2) is 23.2 Å². The van der Waals surface area contributed by atoms with Gasteiger partial charge in [-0.1, -0.05) is 6.07 Å². The molecule has 0 aliphatic heterocycles. The summed E-state index contributed by atoms with van der Waals surface area (Å²) in [5.41, 5.74) is 4.72. The van der Waals surface area contributed by atoms with Gasteiger partial charge in [-0.05, 0) is 69.4 Å². The van der Waals surface area contributed by atoms with Gasteiger partial charge in [0.15, 0.2) is 0 Å². The molecule has 0 saturated carbocycles. The van der Waals surface area contributed by atoms with Crippen LogP contribution in [-0.2, 0) is 16.6 Å². The molecule has 0 bridgehead atoms. The molecule has 0 fully saturated rings. The minimum absolute atomic E-state index is 0.396. The average molecular weight is 335 g/mol. The van der Waals surface area contributed by atoms with Crippen molar-refractivity contribution in [2.75, 3.05) is 6.54 Å². The Balaban J connectivity index is 2.09. The van der Waals surface area contributed by atoms with E-state index in [2.05, 4.69) is 9.82 Å². The summed E-state index contributed by atoms with van der Waals surface area (Å²) in [7, 11) is -3.50. The summed E-state index contributed by atoms with van der Waals surface area (Å²) in [6.07, 6.45) is 2.45. The zero-order valence-corrected chi connectivity index (χ0v) is 15.3. The summed E-state index contributed by atoms with van der Waals surface area (Å²) in [5.74, 6) is 0. The Morgan fingerprint density at radius 2 is 1.70 bits per heavy atom. The van der Waals surface area contributed by atoms with Crippen molar-refractivity contribution in [1.29, 1.82) is 0 Å². The van der Waals surface area contributed by atoms with Gasteiger partial charge in [0.1, 0.15) is 0 Å². The Labute approximate surface area is 138 Å². The first-order valence-electron chi connectivity index (χ1n) is 7.79. The van der Waals surface area contributed by atoms with Crippen molar-refractivity contribution in [3.63, 3.8) is 0 Å². The lowest BCUT2D eigenvalue weighted by Gasteiger charge is -2.16. The van der Waals surface area contributed by atoms with Crippen LogP contribution in [0, 0.1) is 34.6 Å². The number of aromatic nitrogens is 2. The maximum Gasteiger partial charge on any atom is 0.241 e. The Hall–Kier alpha value is -1.66. The second kappa shape index (κ2) is 6.84. The molecule has 0 spiro atoms. The zero-order chi connectivity index (χ0) is 17.2. The predicted molar refractivity (Wildman–Crippen MR) is 92.2 cm³/mol. The van der Waals surface area contributed by atoms with E-state index in [1.807, 2.05) is 51.4 Å². The minimum atomic E-state index is -3.50. The molecule has 23 heavy (non-hydrogen) atoms. The molecule has 1 aromatic heterocycles. The van der Waals surface area contributed by atoms with Crippen molar-refractivity contribution in [3.05, 3.63) is 46.3 Å². The lowest BCUT2D eigenvalue weighted by Crippen LogP contribution is -2.27. The largest absolute Gasteiger partial charge is 0.270 e. The van der Waals surface area contributed by atoms with Crippen LogP contribution in [0.3, 0.4) is 0 Å². The van der Waals surface area contributed by atoms with Crippen LogP contribution >= 0.6 is 0 Å². The van der Waals surface area contributed by atoms with Gasteiger partial charge in [0.25, 0.3) is 0 Å². The Bertz CT molecular complexity index is 781. The Morgan fingerprint density at radius 1 is 1.09 bits per heavy atom. The first-order chi connectivity index (χ1) is 10.7. The van der Waals surface area contributed by atoms with E-state index in [9.17, 15) is 8.42 Å². The van der Waals surface area contributed by atoms with Crippen molar-refractivity contribution >= 4 is 10.0 Å². The monoisotopic (exact) mass is 335 g/mol. The van der Waals surface area contributed by atoms with Gasteiger partial charge in [-0.2, -0.15) is 5.10 Å². The van der Waals surface area contributed by atoms with Crippen molar-refractivity contribution in [1.82, 2.24) is 14.5 Å². The molecule has 0 saturated heterocycles. The van der Waals surface area contributed by atoms with Gasteiger partial charge < -0.3 is 0 Å². The van der Waals surface area contributed by atoms with Crippen molar-refractivity contribution in [2.45, 2.75) is 52.5 Å². The fourth-order valence-electron chi connectivity index (χ4n) is 2.72. The highest BCUT2D eigenvalue weighted by Crippen LogP contribution is 2.25. The lowest BCUT2D eigenvalue weighted by atomic mass is 10.0. The third kappa shape index (κ3) is 3.82. The smallest absolute Gasteiger partial charge is 0.241 e. The average Bonchev–Trinajstić information content (AvgIpc) is 2.87. The molecule has 0 aliphatic rings. The number of hydrogen-bond donors (Lipinski definition) is 1. The highest BCUT2D eigenvalue weighted by Gasteiger charge is 2.21. The maximum atomic E-state index is 12.7. The van der Waals surface area contributed by atoms with Crippen molar-refractivity contribution in [2.24, 2.45) is 0 Å². The number of sulfonamides is 1. The van der Waals surface area contributed by atoms with E-state index in [1.165, 1.54) is 0 Å². The number of aryl methyl sites for hydroxylation is 4. The summed E-state index contributed by atoms with van der Waals surface area (Å²) < 4.78 is 29.9. The van der Waals surface area contributed by atoms with Crippen LogP contribution < -0.4 is 4.72 Å². The zero-order valence-electron chi connectivity index (χ0n) is 14.5. The third-order valence-corrected chi connectivity index (χ3v) is 6.07. The maximum absolute atomic E-state index is 12.7. The first-order valence-corrected chi connectivity index (χ1v) is 9.28. The van der Waals surface area contributed by atoms with Crippen LogP contribution in [0.1, 0.15) is 34.4 Å². The van der Waals surface area contributed by atoms with Crippen molar-refractivity contribution < 1.29 is 8.42 Å². The number of nitrogens with zero attached hydrogens (tertiary/aromatic N) is 2. The van der Waals surface area contributed by atoms with E-state index < -0.39 is 10.0 Å². The van der Waals surface area contributed by atoms with Crippen LogP contribution in [-0.4, -0.2) is 24.7 Å². The van der Waals surface area contributed by atoms with Gasteiger partial charge in [-0.15, -0.1) is 0 Å². The molecular formula is C17H25N3O2S. The summed E-state index contributed by atoms with van der Waals surface area (Å²) in [6.45, 7) is 10.7. The number of benzene rings is 1. The molecule has 0 atom stereocenters. The van der Waals surface area contributed by atoms with E-state index in [0.717, 1.165) is 27.9 Å². The molecular weight excluding hydrogens is 310 g/mol. The van der Waals surface area contributed by atoms with E-state index in [-0.39, 0.29) is 0 Å². The van der Waals surface area contributed by atoms with Crippen LogP contribution in [0.2, 0.25) is 0 Å². The molecule has 6 heteroatoms. The summed E-state index contributed by atoms with van der Waals surface area (Å²) in [4.78, 5) is 0.422. The molecule has 0 unspecified atom stereocenters. The van der Waals surface area contributed by atoms with Gasteiger partial charge in [-0.3, -0.25) is 4.68 Å². The molecule has 0 radical (unpaired) electrons.